The summed E-state index contributed by atoms with van der Waals surface area (Å²) in [5, 5.41) is 3.73. The lowest BCUT2D eigenvalue weighted by Gasteiger charge is -2.34. The summed E-state index contributed by atoms with van der Waals surface area (Å²) in [6, 6.07) is 18.2. The van der Waals surface area contributed by atoms with E-state index in [4.69, 9.17) is 0 Å². The Kier molecular flexibility index (Phi) is 5.41. The van der Waals surface area contributed by atoms with Crippen LogP contribution in [0.5, 0.6) is 0 Å². The van der Waals surface area contributed by atoms with Gasteiger partial charge in [0.2, 0.25) is 5.95 Å². The number of fused-ring (bicyclic) bond motifs is 1. The van der Waals surface area contributed by atoms with Gasteiger partial charge in [0, 0.05) is 55.5 Å². The summed E-state index contributed by atoms with van der Waals surface area (Å²) in [4.78, 5) is 13.0. The SMILES string of the molecule is CN1CCN(c2cc(F)c(Nc3ncc4cccc(-c5ccccc5)c4n3)cc2F)CC1. The fourth-order valence-electron chi connectivity index (χ4n) is 4.01. The number of likely N-dealkylation sites (N-methyl/N-ethyl adjacent to an activating group) is 1. The number of para-hydroxylation sites is 1. The molecule has 1 aliphatic rings. The molecule has 162 valence electrons. The van der Waals surface area contributed by atoms with Crippen molar-refractivity contribution in [3.05, 3.63) is 78.5 Å². The fourth-order valence-corrected chi connectivity index (χ4v) is 4.01. The highest BCUT2D eigenvalue weighted by atomic mass is 19.1. The van der Waals surface area contributed by atoms with Gasteiger partial charge in [0.1, 0.15) is 11.6 Å². The van der Waals surface area contributed by atoms with Crippen molar-refractivity contribution in [2.45, 2.75) is 0 Å². The van der Waals surface area contributed by atoms with E-state index >= 15 is 0 Å². The second-order valence-corrected chi connectivity index (χ2v) is 8.00. The lowest BCUT2D eigenvalue weighted by Crippen LogP contribution is -2.44. The van der Waals surface area contributed by atoms with Crippen molar-refractivity contribution in [1.29, 1.82) is 0 Å². The van der Waals surface area contributed by atoms with Crippen LogP contribution < -0.4 is 10.2 Å². The Hall–Kier alpha value is -3.58. The first-order chi connectivity index (χ1) is 15.6. The van der Waals surface area contributed by atoms with E-state index in [1.165, 1.54) is 12.1 Å². The van der Waals surface area contributed by atoms with Gasteiger partial charge in [-0.2, -0.15) is 0 Å². The first kappa shape index (κ1) is 20.3. The van der Waals surface area contributed by atoms with E-state index in [-0.39, 0.29) is 17.3 Å². The zero-order valence-electron chi connectivity index (χ0n) is 17.7. The van der Waals surface area contributed by atoms with Gasteiger partial charge in [-0.05, 0) is 12.6 Å². The van der Waals surface area contributed by atoms with Gasteiger partial charge >= 0.3 is 0 Å². The summed E-state index contributed by atoms with van der Waals surface area (Å²) in [6.07, 6.45) is 1.68. The molecule has 0 amide bonds. The molecular weight excluding hydrogens is 408 g/mol. The molecule has 2 heterocycles. The second kappa shape index (κ2) is 8.51. The minimum Gasteiger partial charge on any atom is -0.367 e. The largest absolute Gasteiger partial charge is 0.367 e. The number of piperazine rings is 1. The highest BCUT2D eigenvalue weighted by molar-refractivity contribution is 5.93. The Labute approximate surface area is 185 Å². The first-order valence-electron chi connectivity index (χ1n) is 10.6. The fraction of sp³-hybridized carbons (Fsp3) is 0.200. The molecule has 5 rings (SSSR count). The molecule has 7 heteroatoms. The summed E-state index contributed by atoms with van der Waals surface area (Å²) < 4.78 is 29.7. The highest BCUT2D eigenvalue weighted by Gasteiger charge is 2.20. The van der Waals surface area contributed by atoms with E-state index in [1.54, 1.807) is 6.20 Å². The van der Waals surface area contributed by atoms with Crippen LogP contribution in [0.4, 0.5) is 26.1 Å². The van der Waals surface area contributed by atoms with Crippen LogP contribution in [-0.4, -0.2) is 48.1 Å². The lowest BCUT2D eigenvalue weighted by atomic mass is 10.0. The molecule has 3 aromatic carbocycles. The van der Waals surface area contributed by atoms with Crippen molar-refractivity contribution >= 4 is 28.2 Å². The van der Waals surface area contributed by atoms with Crippen molar-refractivity contribution in [1.82, 2.24) is 14.9 Å². The number of halogens is 2. The molecule has 5 nitrogen and oxygen atoms in total. The molecule has 0 spiro atoms. The number of nitrogens with one attached hydrogen (secondary N) is 1. The summed E-state index contributed by atoms with van der Waals surface area (Å²) in [5.41, 5.74) is 3.01. The summed E-state index contributed by atoms with van der Waals surface area (Å²) >= 11 is 0. The van der Waals surface area contributed by atoms with Crippen LogP contribution >= 0.6 is 0 Å². The molecular formula is C25H23F2N5. The average molecular weight is 431 g/mol. The predicted octanol–water partition coefficient (Wildman–Crippen LogP) is 5.07. The summed E-state index contributed by atoms with van der Waals surface area (Å²) in [5.74, 6) is -0.795. The molecule has 0 radical (unpaired) electrons. The van der Waals surface area contributed by atoms with Crippen LogP contribution in [0, 0.1) is 11.6 Å². The van der Waals surface area contributed by atoms with Gasteiger partial charge in [-0.15, -0.1) is 0 Å². The smallest absolute Gasteiger partial charge is 0.227 e. The zero-order valence-corrected chi connectivity index (χ0v) is 17.7. The Morgan fingerprint density at radius 2 is 1.66 bits per heavy atom. The van der Waals surface area contributed by atoms with Gasteiger partial charge in [-0.3, -0.25) is 0 Å². The third-order valence-corrected chi connectivity index (χ3v) is 5.82. The summed E-state index contributed by atoms with van der Waals surface area (Å²) in [7, 11) is 2.02. The number of hydrogen-bond donors (Lipinski definition) is 1. The van der Waals surface area contributed by atoms with Crippen LogP contribution in [0.25, 0.3) is 22.0 Å². The Morgan fingerprint density at radius 3 is 2.44 bits per heavy atom. The minimum absolute atomic E-state index is 0.0110. The van der Waals surface area contributed by atoms with E-state index < -0.39 is 11.6 Å². The third-order valence-electron chi connectivity index (χ3n) is 5.82. The standard InChI is InChI=1S/C25H23F2N5/c1-31-10-12-32(13-11-31)23-15-20(26)22(14-21(23)27)29-25-28-16-18-8-5-9-19(24(18)30-25)17-6-3-2-4-7-17/h2-9,14-16H,10-13H2,1H3,(H,28,29,30). The Balaban J connectivity index is 1.46. The molecule has 0 atom stereocenters. The van der Waals surface area contributed by atoms with Crippen LogP contribution in [0.3, 0.4) is 0 Å². The van der Waals surface area contributed by atoms with Crippen molar-refractivity contribution in [3.63, 3.8) is 0 Å². The number of benzene rings is 3. The van der Waals surface area contributed by atoms with E-state index in [0.717, 1.165) is 35.1 Å². The van der Waals surface area contributed by atoms with E-state index in [2.05, 4.69) is 20.2 Å². The van der Waals surface area contributed by atoms with Crippen LogP contribution in [0.1, 0.15) is 0 Å². The number of aromatic nitrogens is 2. The normalized spacial score (nSPS) is 14.7. The van der Waals surface area contributed by atoms with Gasteiger partial charge in [-0.25, -0.2) is 18.7 Å². The lowest BCUT2D eigenvalue weighted by molar-refractivity contribution is 0.311. The van der Waals surface area contributed by atoms with Gasteiger partial charge in [-0.1, -0.05) is 48.5 Å². The summed E-state index contributed by atoms with van der Waals surface area (Å²) in [6.45, 7) is 2.96. The quantitative estimate of drug-likeness (QED) is 0.489. The maximum Gasteiger partial charge on any atom is 0.227 e. The van der Waals surface area contributed by atoms with Crippen LogP contribution in [0.2, 0.25) is 0 Å². The molecule has 4 aromatic rings. The predicted molar refractivity (Wildman–Crippen MR) is 124 cm³/mol. The zero-order chi connectivity index (χ0) is 22.1. The molecule has 1 saturated heterocycles. The molecule has 0 saturated carbocycles. The van der Waals surface area contributed by atoms with E-state index in [9.17, 15) is 8.78 Å². The maximum absolute atomic E-state index is 14.9. The van der Waals surface area contributed by atoms with E-state index in [1.807, 2.05) is 60.5 Å². The Morgan fingerprint density at radius 1 is 0.875 bits per heavy atom. The van der Waals surface area contributed by atoms with Crippen molar-refractivity contribution < 1.29 is 8.78 Å². The monoisotopic (exact) mass is 431 g/mol. The molecule has 0 bridgehead atoms. The molecule has 1 aromatic heterocycles. The van der Waals surface area contributed by atoms with Gasteiger partial charge in [0.25, 0.3) is 0 Å². The Bertz CT molecular complexity index is 1250. The average Bonchev–Trinajstić information content (AvgIpc) is 2.82. The molecule has 1 aliphatic heterocycles. The van der Waals surface area contributed by atoms with E-state index in [0.29, 0.717) is 13.1 Å². The minimum atomic E-state index is -0.541. The van der Waals surface area contributed by atoms with Gasteiger partial charge in [0.15, 0.2) is 0 Å². The molecule has 0 aliphatic carbocycles. The molecule has 1 fully saturated rings. The highest BCUT2D eigenvalue weighted by Crippen LogP contribution is 2.30. The second-order valence-electron chi connectivity index (χ2n) is 8.00. The van der Waals surface area contributed by atoms with Crippen LogP contribution in [-0.2, 0) is 0 Å². The van der Waals surface area contributed by atoms with Gasteiger partial charge in [0.05, 0.1) is 16.9 Å². The number of hydrogen-bond acceptors (Lipinski definition) is 5. The van der Waals surface area contributed by atoms with Crippen molar-refractivity contribution in [3.8, 4) is 11.1 Å². The first-order valence-corrected chi connectivity index (χ1v) is 10.6. The number of anilines is 3. The number of rotatable bonds is 4. The van der Waals surface area contributed by atoms with Crippen LogP contribution in [0.15, 0.2) is 66.9 Å². The maximum atomic E-state index is 14.9. The molecule has 32 heavy (non-hydrogen) atoms. The molecule has 1 N–H and O–H groups in total. The number of nitrogens with zero attached hydrogens (tertiary/aromatic N) is 4. The molecule has 0 unspecified atom stereocenters. The topological polar surface area (TPSA) is 44.3 Å². The van der Waals surface area contributed by atoms with Crippen molar-refractivity contribution in [2.24, 2.45) is 0 Å². The van der Waals surface area contributed by atoms with Crippen molar-refractivity contribution in [2.75, 3.05) is 43.4 Å². The van der Waals surface area contributed by atoms with Gasteiger partial charge < -0.3 is 15.1 Å². The third kappa shape index (κ3) is 3.99.